The fourth-order valence-corrected chi connectivity index (χ4v) is 5.16. The zero-order chi connectivity index (χ0) is 19.4. The first-order valence-corrected chi connectivity index (χ1v) is 11.0. The van der Waals surface area contributed by atoms with Gasteiger partial charge in [0, 0.05) is 57.8 Å². The number of likely N-dealkylation sites (N-methyl/N-ethyl adjacent to an activating group) is 1. The lowest BCUT2D eigenvalue weighted by Crippen LogP contribution is -2.65. The van der Waals surface area contributed by atoms with E-state index in [0.717, 1.165) is 65.2 Å². The lowest BCUT2D eigenvalue weighted by molar-refractivity contribution is -0.135. The van der Waals surface area contributed by atoms with Gasteiger partial charge in [0.25, 0.3) is 0 Å². The van der Waals surface area contributed by atoms with Gasteiger partial charge in [-0.25, -0.2) is 0 Å². The van der Waals surface area contributed by atoms with E-state index in [-0.39, 0.29) is 5.54 Å². The van der Waals surface area contributed by atoms with Gasteiger partial charge in [0.15, 0.2) is 0 Å². The monoisotopic (exact) mass is 385 g/mol. The molecular weight excluding hydrogens is 350 g/mol. The van der Waals surface area contributed by atoms with Crippen molar-refractivity contribution >= 4 is 5.91 Å². The Bertz CT molecular complexity index is 637. The molecular formula is C23H35N3O2. The molecule has 0 N–H and O–H groups in total. The fraction of sp³-hybridized carbons (Fsp3) is 0.696. The van der Waals surface area contributed by atoms with Crippen LogP contribution in [0.25, 0.3) is 0 Å². The fourth-order valence-electron chi connectivity index (χ4n) is 5.16. The smallest absolute Gasteiger partial charge is 0.222 e. The average molecular weight is 386 g/mol. The molecule has 1 aromatic carbocycles. The highest BCUT2D eigenvalue weighted by Crippen LogP contribution is 2.32. The van der Waals surface area contributed by atoms with Crippen molar-refractivity contribution in [3.63, 3.8) is 0 Å². The minimum absolute atomic E-state index is 0.244. The first-order chi connectivity index (χ1) is 13.6. The van der Waals surface area contributed by atoms with E-state index in [9.17, 15) is 4.79 Å². The van der Waals surface area contributed by atoms with Crippen LogP contribution >= 0.6 is 0 Å². The molecule has 0 aliphatic carbocycles. The minimum atomic E-state index is 0.244. The van der Waals surface area contributed by atoms with Gasteiger partial charge in [-0.3, -0.25) is 14.6 Å². The Morgan fingerprint density at radius 2 is 1.93 bits per heavy atom. The van der Waals surface area contributed by atoms with Gasteiger partial charge in [0.2, 0.25) is 5.91 Å². The third-order valence-electron chi connectivity index (χ3n) is 7.14. The summed E-state index contributed by atoms with van der Waals surface area (Å²) < 4.78 is 5.57. The van der Waals surface area contributed by atoms with Gasteiger partial charge < -0.3 is 9.64 Å². The maximum atomic E-state index is 12.7. The lowest BCUT2D eigenvalue weighted by atomic mass is 9.83. The number of benzene rings is 1. The number of hydrogen-bond acceptors (Lipinski definition) is 4. The summed E-state index contributed by atoms with van der Waals surface area (Å²) in [5, 5.41) is 0. The molecule has 3 aliphatic rings. The molecule has 3 heterocycles. The maximum absolute atomic E-state index is 12.7. The predicted molar refractivity (Wildman–Crippen MR) is 111 cm³/mol. The summed E-state index contributed by atoms with van der Waals surface area (Å²) in [7, 11) is 2.28. The molecule has 0 radical (unpaired) electrons. The molecule has 5 nitrogen and oxygen atoms in total. The molecule has 1 atom stereocenters. The van der Waals surface area contributed by atoms with Crippen LogP contribution in [0.3, 0.4) is 0 Å². The molecule has 5 heteroatoms. The van der Waals surface area contributed by atoms with Crippen LogP contribution in [0, 0.1) is 5.92 Å². The average Bonchev–Trinajstić information content (AvgIpc) is 3.23. The number of carbonyl (C=O) groups is 1. The Kier molecular flexibility index (Phi) is 6.34. The Morgan fingerprint density at radius 1 is 1.14 bits per heavy atom. The number of piperidine rings is 1. The summed E-state index contributed by atoms with van der Waals surface area (Å²) in [6.07, 6.45) is 4.87. The zero-order valence-electron chi connectivity index (χ0n) is 17.3. The molecule has 0 aromatic heterocycles. The number of amides is 1. The van der Waals surface area contributed by atoms with E-state index in [1.165, 1.54) is 18.5 Å². The number of aryl methyl sites for hydroxylation is 1. The van der Waals surface area contributed by atoms with E-state index in [1.807, 2.05) is 18.2 Å². The van der Waals surface area contributed by atoms with Crippen molar-refractivity contribution in [1.82, 2.24) is 14.7 Å². The summed E-state index contributed by atoms with van der Waals surface area (Å²) in [5.41, 5.74) is 1.50. The van der Waals surface area contributed by atoms with E-state index in [0.29, 0.717) is 18.2 Å². The van der Waals surface area contributed by atoms with Crippen LogP contribution in [0.4, 0.5) is 0 Å². The summed E-state index contributed by atoms with van der Waals surface area (Å²) >= 11 is 0. The first kappa shape index (κ1) is 19.9. The molecule has 3 fully saturated rings. The van der Waals surface area contributed by atoms with Gasteiger partial charge in [-0.2, -0.15) is 0 Å². The van der Waals surface area contributed by atoms with E-state index in [4.69, 9.17) is 4.74 Å². The van der Waals surface area contributed by atoms with Gasteiger partial charge >= 0.3 is 0 Å². The Morgan fingerprint density at radius 3 is 2.64 bits per heavy atom. The highest BCUT2D eigenvalue weighted by Gasteiger charge is 2.43. The first-order valence-electron chi connectivity index (χ1n) is 11.0. The Labute approximate surface area is 169 Å². The molecule has 1 aromatic rings. The highest BCUT2D eigenvalue weighted by molar-refractivity contribution is 5.76. The van der Waals surface area contributed by atoms with Crippen LogP contribution in [0.1, 0.15) is 31.2 Å². The van der Waals surface area contributed by atoms with E-state index >= 15 is 0 Å². The number of piperazine rings is 1. The number of carbonyl (C=O) groups excluding carboxylic acids is 1. The zero-order valence-corrected chi connectivity index (χ0v) is 17.3. The van der Waals surface area contributed by atoms with Crippen LogP contribution in [0.5, 0.6) is 0 Å². The summed E-state index contributed by atoms with van der Waals surface area (Å²) in [6.45, 7) is 8.29. The molecule has 0 unspecified atom stereocenters. The van der Waals surface area contributed by atoms with Crippen molar-refractivity contribution in [3.05, 3.63) is 35.9 Å². The molecule has 28 heavy (non-hydrogen) atoms. The number of rotatable bonds is 5. The Balaban J connectivity index is 1.28. The Hall–Kier alpha value is -1.43. The van der Waals surface area contributed by atoms with Gasteiger partial charge in [-0.1, -0.05) is 30.3 Å². The molecule has 3 aliphatic heterocycles. The second-order valence-electron chi connectivity index (χ2n) is 8.98. The third kappa shape index (κ3) is 4.58. The van der Waals surface area contributed by atoms with E-state index < -0.39 is 0 Å². The van der Waals surface area contributed by atoms with Crippen molar-refractivity contribution in [2.45, 2.75) is 37.6 Å². The van der Waals surface area contributed by atoms with Crippen molar-refractivity contribution in [2.75, 3.05) is 59.5 Å². The standard InChI is InChI=1S/C23H35N3O2/c1-24-14-15-25(17-21-9-16-28-18-21)19-23(24)10-12-26(13-11-23)22(27)8-7-20-5-3-2-4-6-20/h2-6,21H,7-19H2,1H3/t21-/m1/s1. The van der Waals surface area contributed by atoms with E-state index in [1.54, 1.807) is 0 Å². The third-order valence-corrected chi connectivity index (χ3v) is 7.14. The summed E-state index contributed by atoms with van der Waals surface area (Å²) in [5.74, 6) is 1.03. The molecule has 3 saturated heterocycles. The van der Waals surface area contributed by atoms with E-state index in [2.05, 4.69) is 33.9 Å². The highest BCUT2D eigenvalue weighted by atomic mass is 16.5. The van der Waals surface area contributed by atoms with Gasteiger partial charge in [0.05, 0.1) is 6.61 Å². The van der Waals surface area contributed by atoms with Crippen molar-refractivity contribution < 1.29 is 9.53 Å². The van der Waals surface area contributed by atoms with Crippen LogP contribution in [0.15, 0.2) is 30.3 Å². The number of ether oxygens (including phenoxy) is 1. The van der Waals surface area contributed by atoms with Crippen molar-refractivity contribution in [2.24, 2.45) is 5.92 Å². The maximum Gasteiger partial charge on any atom is 0.222 e. The van der Waals surface area contributed by atoms with Crippen LogP contribution < -0.4 is 0 Å². The van der Waals surface area contributed by atoms with Crippen molar-refractivity contribution in [3.8, 4) is 0 Å². The molecule has 1 amide bonds. The topological polar surface area (TPSA) is 36.0 Å². The number of nitrogens with zero attached hydrogens (tertiary/aromatic N) is 3. The SMILES string of the molecule is CN1CCN(C[C@H]2CCOC2)CC12CCN(C(=O)CCc1ccccc1)CC2. The normalized spacial score (nSPS) is 26.0. The summed E-state index contributed by atoms with van der Waals surface area (Å²) in [4.78, 5) is 20.0. The predicted octanol–water partition coefficient (Wildman–Crippen LogP) is 2.26. The molecule has 154 valence electrons. The van der Waals surface area contributed by atoms with Crippen LogP contribution in [-0.2, 0) is 16.0 Å². The van der Waals surface area contributed by atoms with Crippen LogP contribution in [0.2, 0.25) is 0 Å². The quantitative estimate of drug-likeness (QED) is 0.779. The molecule has 0 saturated carbocycles. The second-order valence-corrected chi connectivity index (χ2v) is 8.98. The molecule has 4 rings (SSSR count). The van der Waals surface area contributed by atoms with Crippen LogP contribution in [-0.4, -0.2) is 85.7 Å². The van der Waals surface area contributed by atoms with Gasteiger partial charge in [-0.15, -0.1) is 0 Å². The minimum Gasteiger partial charge on any atom is -0.381 e. The van der Waals surface area contributed by atoms with Gasteiger partial charge in [0.1, 0.15) is 0 Å². The summed E-state index contributed by atoms with van der Waals surface area (Å²) in [6, 6.07) is 10.3. The second kappa shape index (κ2) is 8.93. The van der Waals surface area contributed by atoms with Gasteiger partial charge in [-0.05, 0) is 44.2 Å². The lowest BCUT2D eigenvalue weighted by Gasteiger charge is -2.53. The number of hydrogen-bond donors (Lipinski definition) is 0. The largest absolute Gasteiger partial charge is 0.381 e. The molecule has 1 spiro atoms. The molecule has 0 bridgehead atoms. The van der Waals surface area contributed by atoms with Crippen molar-refractivity contribution in [1.29, 1.82) is 0 Å². The number of likely N-dealkylation sites (tertiary alicyclic amines) is 1.